The minimum Gasteiger partial charge on any atom is -0.434 e. The zero-order valence-electron chi connectivity index (χ0n) is 15.9. The fourth-order valence-corrected chi connectivity index (χ4v) is 3.22. The van der Waals surface area contributed by atoms with E-state index >= 15 is 0 Å². The SMILES string of the molecule is O=[N+]([O-])c1c(Nc2ccc(Cl)c(C(F)(F)F)c2)ncnc1Oc1ccc2ccccc2c1. The van der Waals surface area contributed by atoms with Crippen molar-refractivity contribution in [1.29, 1.82) is 0 Å². The topological polar surface area (TPSA) is 90.2 Å². The minimum atomic E-state index is -4.70. The Kier molecular flexibility index (Phi) is 5.54. The van der Waals surface area contributed by atoms with Crippen molar-refractivity contribution in [3.63, 3.8) is 0 Å². The highest BCUT2D eigenvalue weighted by Crippen LogP contribution is 2.39. The molecule has 0 saturated heterocycles. The number of aromatic nitrogens is 2. The molecule has 0 aliphatic carbocycles. The maximum Gasteiger partial charge on any atom is 0.417 e. The summed E-state index contributed by atoms with van der Waals surface area (Å²) >= 11 is 5.62. The Morgan fingerprint density at radius 2 is 1.75 bits per heavy atom. The number of hydrogen-bond acceptors (Lipinski definition) is 6. The standard InChI is InChI=1S/C21H12ClF3N4O3/c22-17-8-6-14(10-16(17)21(23,24)25)28-19-18(29(30)31)20(27-11-26-19)32-15-7-5-12-3-1-2-4-13(12)9-15/h1-11H,(H,26,27,28). The number of alkyl halides is 3. The molecule has 0 atom stereocenters. The second kappa shape index (κ2) is 8.31. The third-order valence-electron chi connectivity index (χ3n) is 4.44. The van der Waals surface area contributed by atoms with Gasteiger partial charge in [0.25, 0.3) is 0 Å². The molecule has 0 unspecified atom stereocenters. The number of anilines is 2. The van der Waals surface area contributed by atoms with Gasteiger partial charge in [-0.2, -0.15) is 18.2 Å². The molecule has 0 amide bonds. The number of hydrogen-bond donors (Lipinski definition) is 1. The number of nitro groups is 1. The Labute approximate surface area is 183 Å². The molecule has 1 heterocycles. The van der Waals surface area contributed by atoms with Crippen LogP contribution >= 0.6 is 11.6 Å². The van der Waals surface area contributed by atoms with Gasteiger partial charge < -0.3 is 10.1 Å². The van der Waals surface area contributed by atoms with Crippen LogP contribution in [0.25, 0.3) is 10.8 Å². The van der Waals surface area contributed by atoms with E-state index in [9.17, 15) is 23.3 Å². The fourth-order valence-electron chi connectivity index (χ4n) is 2.99. The quantitative estimate of drug-likeness (QED) is 0.262. The summed E-state index contributed by atoms with van der Waals surface area (Å²) < 4.78 is 45.0. The lowest BCUT2D eigenvalue weighted by atomic mass is 10.1. The van der Waals surface area contributed by atoms with Crippen LogP contribution in [0, 0.1) is 10.1 Å². The summed E-state index contributed by atoms with van der Waals surface area (Å²) in [5, 5.41) is 15.5. The molecule has 1 N–H and O–H groups in total. The molecule has 7 nitrogen and oxygen atoms in total. The largest absolute Gasteiger partial charge is 0.434 e. The van der Waals surface area contributed by atoms with Crippen LogP contribution in [-0.4, -0.2) is 14.9 Å². The first kappa shape index (κ1) is 21.3. The summed E-state index contributed by atoms with van der Waals surface area (Å²) in [6.07, 6.45) is -3.69. The fraction of sp³-hybridized carbons (Fsp3) is 0.0476. The normalized spacial score (nSPS) is 11.4. The van der Waals surface area contributed by atoms with Crippen LogP contribution in [0.15, 0.2) is 67.0 Å². The van der Waals surface area contributed by atoms with Crippen LogP contribution in [0.2, 0.25) is 5.02 Å². The van der Waals surface area contributed by atoms with Gasteiger partial charge in [-0.1, -0.05) is 41.9 Å². The number of halogens is 4. The van der Waals surface area contributed by atoms with Gasteiger partial charge in [0.15, 0.2) is 0 Å². The van der Waals surface area contributed by atoms with Gasteiger partial charge >= 0.3 is 17.7 Å². The van der Waals surface area contributed by atoms with Gasteiger partial charge in [0.05, 0.1) is 15.5 Å². The third kappa shape index (κ3) is 4.40. The van der Waals surface area contributed by atoms with Crippen LogP contribution in [0.4, 0.5) is 30.4 Å². The maximum absolute atomic E-state index is 13.1. The van der Waals surface area contributed by atoms with Gasteiger partial charge in [0.1, 0.15) is 12.1 Å². The lowest BCUT2D eigenvalue weighted by Crippen LogP contribution is -2.07. The minimum absolute atomic E-state index is 0.0971. The average Bonchev–Trinajstić information content (AvgIpc) is 2.74. The van der Waals surface area contributed by atoms with E-state index in [1.165, 1.54) is 6.07 Å². The smallest absolute Gasteiger partial charge is 0.417 e. The monoisotopic (exact) mass is 460 g/mol. The molecular weight excluding hydrogens is 449 g/mol. The van der Waals surface area contributed by atoms with E-state index in [2.05, 4.69) is 15.3 Å². The summed E-state index contributed by atoms with van der Waals surface area (Å²) in [5.74, 6) is -0.411. The van der Waals surface area contributed by atoms with Crippen molar-refractivity contribution in [3.05, 3.63) is 87.7 Å². The summed E-state index contributed by atoms with van der Waals surface area (Å²) in [7, 11) is 0. The van der Waals surface area contributed by atoms with Gasteiger partial charge in [0.2, 0.25) is 5.82 Å². The van der Waals surface area contributed by atoms with Crippen LogP contribution < -0.4 is 10.1 Å². The highest BCUT2D eigenvalue weighted by molar-refractivity contribution is 6.31. The molecule has 4 rings (SSSR count). The third-order valence-corrected chi connectivity index (χ3v) is 4.77. The molecule has 3 aromatic carbocycles. The molecule has 11 heteroatoms. The summed E-state index contributed by atoms with van der Waals surface area (Å²) in [4.78, 5) is 18.6. The lowest BCUT2D eigenvalue weighted by molar-refractivity contribution is -0.385. The molecule has 1 aromatic heterocycles. The number of benzene rings is 3. The Morgan fingerprint density at radius 3 is 2.47 bits per heavy atom. The zero-order valence-corrected chi connectivity index (χ0v) is 16.7. The molecule has 0 bridgehead atoms. The van der Waals surface area contributed by atoms with E-state index in [4.69, 9.17) is 16.3 Å². The van der Waals surface area contributed by atoms with Crippen molar-refractivity contribution < 1.29 is 22.8 Å². The molecular formula is C21H12ClF3N4O3. The number of nitrogens with zero attached hydrogens (tertiary/aromatic N) is 3. The zero-order chi connectivity index (χ0) is 22.9. The Hall–Kier alpha value is -3.92. The number of fused-ring (bicyclic) bond motifs is 1. The van der Waals surface area contributed by atoms with Crippen LogP contribution in [-0.2, 0) is 6.18 Å². The Bertz CT molecular complexity index is 1330. The van der Waals surface area contributed by atoms with E-state index in [0.717, 1.165) is 29.2 Å². The molecule has 32 heavy (non-hydrogen) atoms. The van der Waals surface area contributed by atoms with Crippen molar-refractivity contribution in [2.45, 2.75) is 6.18 Å². The van der Waals surface area contributed by atoms with Gasteiger partial charge in [-0.25, -0.2) is 4.98 Å². The van der Waals surface area contributed by atoms with Crippen LogP contribution in [0.3, 0.4) is 0 Å². The molecule has 162 valence electrons. The first-order chi connectivity index (χ1) is 15.2. The number of nitrogens with one attached hydrogen (secondary N) is 1. The predicted molar refractivity (Wildman–Crippen MR) is 112 cm³/mol. The molecule has 0 fully saturated rings. The van der Waals surface area contributed by atoms with Crippen molar-refractivity contribution in [2.75, 3.05) is 5.32 Å². The van der Waals surface area contributed by atoms with Gasteiger partial charge in [-0.05, 0) is 41.1 Å². The van der Waals surface area contributed by atoms with Gasteiger partial charge in [0, 0.05) is 5.69 Å². The highest BCUT2D eigenvalue weighted by Gasteiger charge is 2.34. The Morgan fingerprint density at radius 1 is 1.00 bits per heavy atom. The lowest BCUT2D eigenvalue weighted by Gasteiger charge is -2.13. The van der Waals surface area contributed by atoms with E-state index in [1.54, 1.807) is 18.2 Å². The number of rotatable bonds is 5. The molecule has 0 saturated carbocycles. The average molecular weight is 461 g/mol. The van der Waals surface area contributed by atoms with Crippen molar-refractivity contribution in [1.82, 2.24) is 9.97 Å². The second-order valence-corrected chi connectivity index (χ2v) is 6.97. The van der Waals surface area contributed by atoms with Crippen molar-refractivity contribution in [2.24, 2.45) is 0 Å². The van der Waals surface area contributed by atoms with Gasteiger partial charge in [-0.15, -0.1) is 0 Å². The van der Waals surface area contributed by atoms with Crippen LogP contribution in [0.5, 0.6) is 11.6 Å². The summed E-state index contributed by atoms with van der Waals surface area (Å²) in [5.41, 5.74) is -1.82. The van der Waals surface area contributed by atoms with Crippen molar-refractivity contribution >= 4 is 39.6 Å². The highest BCUT2D eigenvalue weighted by atomic mass is 35.5. The summed E-state index contributed by atoms with van der Waals surface area (Å²) in [6, 6.07) is 15.6. The number of ether oxygens (including phenoxy) is 1. The van der Waals surface area contributed by atoms with Gasteiger partial charge in [-0.3, -0.25) is 10.1 Å². The van der Waals surface area contributed by atoms with E-state index in [-0.39, 0.29) is 17.4 Å². The second-order valence-electron chi connectivity index (χ2n) is 6.56. The van der Waals surface area contributed by atoms with E-state index in [1.807, 2.05) is 24.3 Å². The molecule has 4 aromatic rings. The predicted octanol–water partition coefficient (Wildman–Crippen LogP) is 6.75. The molecule has 0 aliphatic heterocycles. The maximum atomic E-state index is 13.1. The summed E-state index contributed by atoms with van der Waals surface area (Å²) in [6.45, 7) is 0. The van der Waals surface area contributed by atoms with Crippen LogP contribution in [0.1, 0.15) is 5.56 Å². The van der Waals surface area contributed by atoms with E-state index in [0.29, 0.717) is 5.75 Å². The molecule has 0 spiro atoms. The molecule has 0 aliphatic rings. The first-order valence-corrected chi connectivity index (χ1v) is 9.40. The van der Waals surface area contributed by atoms with Crippen molar-refractivity contribution in [3.8, 4) is 11.6 Å². The van der Waals surface area contributed by atoms with E-state index < -0.39 is 27.4 Å². The molecule has 0 radical (unpaired) electrons. The Balaban J connectivity index is 1.70. The first-order valence-electron chi connectivity index (χ1n) is 9.02.